The maximum Gasteiger partial charge on any atom is 0.174 e. The molecule has 0 spiro atoms. The van der Waals surface area contributed by atoms with Crippen LogP contribution in [0.4, 0.5) is 17.3 Å². The molecule has 2 aromatic heterocycles. The van der Waals surface area contributed by atoms with Crippen LogP contribution >= 0.6 is 0 Å². The Kier molecular flexibility index (Phi) is 8.26. The second kappa shape index (κ2) is 11.8. The molecule has 1 aromatic carbocycles. The Hall–Kier alpha value is -4.09. The number of nitrogens with zero attached hydrogens (tertiary/aromatic N) is 5. The summed E-state index contributed by atoms with van der Waals surface area (Å²) in [4.78, 5) is 4.65. The first-order valence-corrected chi connectivity index (χ1v) is 14.2. The Morgan fingerprint density at radius 1 is 1.16 bits per heavy atom. The highest BCUT2D eigenvalue weighted by Crippen LogP contribution is 2.34. The third-order valence-electron chi connectivity index (χ3n) is 6.14. The van der Waals surface area contributed by atoms with E-state index >= 15 is 0 Å². The van der Waals surface area contributed by atoms with Crippen LogP contribution in [0.1, 0.15) is 37.7 Å². The van der Waals surface area contributed by atoms with Crippen molar-refractivity contribution in [2.75, 3.05) is 29.2 Å². The van der Waals surface area contributed by atoms with E-state index in [2.05, 4.69) is 26.8 Å². The smallest absolute Gasteiger partial charge is 0.174 e. The Morgan fingerprint density at radius 2 is 1.97 bits per heavy atom. The number of aryl methyl sites for hydroxylation is 1. The van der Waals surface area contributed by atoms with Gasteiger partial charge in [-0.05, 0) is 37.1 Å². The number of nitriles is 2. The van der Waals surface area contributed by atoms with Crippen molar-refractivity contribution in [3.05, 3.63) is 48.3 Å². The van der Waals surface area contributed by atoms with E-state index in [9.17, 15) is 13.7 Å². The molecule has 4 rings (SSSR count). The van der Waals surface area contributed by atoms with Gasteiger partial charge in [-0.1, -0.05) is 19.3 Å². The molecule has 0 aliphatic heterocycles. The van der Waals surface area contributed by atoms with Crippen molar-refractivity contribution in [1.82, 2.24) is 14.8 Å². The SMILES string of the molecule is CS(=O)(=O)CCn1cc(-c2ccc(Nc3ccc(C#N)c(NC4CCCCC4)n3)cc2OCC#N)cn1. The third-order valence-corrected chi connectivity index (χ3v) is 7.07. The summed E-state index contributed by atoms with van der Waals surface area (Å²) in [5.74, 6) is 1.61. The van der Waals surface area contributed by atoms with Gasteiger partial charge in [-0.2, -0.15) is 15.6 Å². The van der Waals surface area contributed by atoms with Crippen LogP contribution in [0.3, 0.4) is 0 Å². The average molecular weight is 520 g/mol. The third kappa shape index (κ3) is 7.21. The van der Waals surface area contributed by atoms with Crippen molar-refractivity contribution in [3.8, 4) is 29.0 Å². The lowest BCUT2D eigenvalue weighted by Crippen LogP contribution is -2.23. The molecule has 2 heterocycles. The van der Waals surface area contributed by atoms with E-state index in [1.807, 2.05) is 18.2 Å². The van der Waals surface area contributed by atoms with Gasteiger partial charge in [-0.25, -0.2) is 13.4 Å². The second-order valence-corrected chi connectivity index (χ2v) is 11.3. The summed E-state index contributed by atoms with van der Waals surface area (Å²) in [5.41, 5.74) is 2.65. The minimum absolute atomic E-state index is 0.00997. The number of pyridine rings is 1. The van der Waals surface area contributed by atoms with E-state index in [0.717, 1.165) is 24.0 Å². The molecule has 3 aromatic rings. The highest BCUT2D eigenvalue weighted by Gasteiger charge is 2.17. The molecule has 10 nitrogen and oxygen atoms in total. The van der Waals surface area contributed by atoms with Gasteiger partial charge in [0.15, 0.2) is 6.61 Å². The lowest BCUT2D eigenvalue weighted by molar-refractivity contribution is 0.370. The van der Waals surface area contributed by atoms with E-state index in [1.54, 1.807) is 35.3 Å². The van der Waals surface area contributed by atoms with Crippen LogP contribution in [0.25, 0.3) is 11.1 Å². The van der Waals surface area contributed by atoms with Gasteiger partial charge in [-0.15, -0.1) is 0 Å². The summed E-state index contributed by atoms with van der Waals surface area (Å²) in [7, 11) is -3.11. The Bertz CT molecular complexity index is 1430. The predicted octanol–water partition coefficient (Wildman–Crippen LogP) is 4.25. The van der Waals surface area contributed by atoms with Crippen LogP contribution < -0.4 is 15.4 Å². The van der Waals surface area contributed by atoms with Crippen molar-refractivity contribution in [2.24, 2.45) is 0 Å². The van der Waals surface area contributed by atoms with Crippen LogP contribution in [0.15, 0.2) is 42.7 Å². The number of aromatic nitrogens is 3. The summed E-state index contributed by atoms with van der Waals surface area (Å²) >= 11 is 0. The molecule has 0 radical (unpaired) electrons. The molecule has 0 unspecified atom stereocenters. The molecular weight excluding hydrogens is 490 g/mol. The minimum Gasteiger partial charge on any atom is -0.478 e. The van der Waals surface area contributed by atoms with E-state index in [0.29, 0.717) is 34.7 Å². The Morgan fingerprint density at radius 3 is 2.70 bits per heavy atom. The van der Waals surface area contributed by atoms with E-state index in [-0.39, 0.29) is 18.9 Å². The van der Waals surface area contributed by atoms with Gasteiger partial charge in [0, 0.05) is 41.4 Å². The number of rotatable bonds is 10. The largest absolute Gasteiger partial charge is 0.478 e. The number of benzene rings is 1. The zero-order valence-corrected chi connectivity index (χ0v) is 21.5. The van der Waals surface area contributed by atoms with Crippen LogP contribution in [-0.4, -0.2) is 47.8 Å². The Labute approximate surface area is 216 Å². The fraction of sp³-hybridized carbons (Fsp3) is 0.385. The molecule has 0 atom stereocenters. The fourth-order valence-corrected chi connectivity index (χ4v) is 4.79. The van der Waals surface area contributed by atoms with Crippen LogP contribution in [0.2, 0.25) is 0 Å². The van der Waals surface area contributed by atoms with E-state index in [1.165, 1.54) is 25.5 Å². The van der Waals surface area contributed by atoms with Crippen molar-refractivity contribution >= 4 is 27.2 Å². The highest BCUT2D eigenvalue weighted by atomic mass is 32.2. The molecule has 11 heteroatoms. The van der Waals surface area contributed by atoms with E-state index in [4.69, 9.17) is 10.00 Å². The Balaban J connectivity index is 1.55. The molecular formula is C26H29N7O3S. The van der Waals surface area contributed by atoms with Gasteiger partial charge < -0.3 is 15.4 Å². The van der Waals surface area contributed by atoms with E-state index < -0.39 is 9.84 Å². The van der Waals surface area contributed by atoms with Gasteiger partial charge >= 0.3 is 0 Å². The molecule has 192 valence electrons. The van der Waals surface area contributed by atoms with Crippen LogP contribution in [0.5, 0.6) is 5.75 Å². The molecule has 0 saturated heterocycles. The minimum atomic E-state index is -3.11. The van der Waals surface area contributed by atoms with Crippen molar-refractivity contribution in [2.45, 2.75) is 44.7 Å². The predicted molar refractivity (Wildman–Crippen MR) is 141 cm³/mol. The number of nitrogens with one attached hydrogen (secondary N) is 2. The van der Waals surface area contributed by atoms with Gasteiger partial charge in [-0.3, -0.25) is 4.68 Å². The second-order valence-electron chi connectivity index (χ2n) is 9.09. The number of anilines is 3. The van der Waals surface area contributed by atoms with Crippen LogP contribution in [0, 0.1) is 22.7 Å². The monoisotopic (exact) mass is 519 g/mol. The summed E-state index contributed by atoms with van der Waals surface area (Å²) in [6.07, 6.45) is 10.3. The number of sulfone groups is 1. The average Bonchev–Trinajstić information content (AvgIpc) is 3.36. The number of hydrogen-bond donors (Lipinski definition) is 2. The molecule has 1 aliphatic carbocycles. The standard InChI is InChI=1S/C26H29N7O3S/c1-37(34,35)14-12-33-18-20(17-29-33)23-9-8-22(15-24(23)36-13-11-27)30-25-10-7-19(16-28)26(32-25)31-21-5-3-2-4-6-21/h7-10,15,17-18,21H,2-6,12-14H2,1H3,(H2,30,31,32). The zero-order valence-electron chi connectivity index (χ0n) is 20.6. The van der Waals surface area contributed by atoms with Gasteiger partial charge in [0.05, 0.1) is 24.1 Å². The van der Waals surface area contributed by atoms with Gasteiger partial charge in [0.25, 0.3) is 0 Å². The molecule has 1 aliphatic rings. The summed E-state index contributed by atoms with van der Waals surface area (Å²) < 4.78 is 30.2. The first kappa shape index (κ1) is 26.0. The normalized spacial score (nSPS) is 13.9. The molecule has 2 N–H and O–H groups in total. The first-order valence-electron chi connectivity index (χ1n) is 12.1. The maximum absolute atomic E-state index is 11.5. The lowest BCUT2D eigenvalue weighted by atomic mass is 9.95. The topological polar surface area (TPSA) is 146 Å². The molecule has 1 fully saturated rings. The lowest BCUT2D eigenvalue weighted by Gasteiger charge is -2.24. The summed E-state index contributed by atoms with van der Waals surface area (Å²) in [5, 5.41) is 29.5. The molecule has 1 saturated carbocycles. The van der Waals surface area contributed by atoms with Gasteiger partial charge in [0.1, 0.15) is 39.4 Å². The zero-order chi connectivity index (χ0) is 26.3. The van der Waals surface area contributed by atoms with Crippen molar-refractivity contribution < 1.29 is 13.2 Å². The molecule has 37 heavy (non-hydrogen) atoms. The number of hydrogen-bond acceptors (Lipinski definition) is 9. The fourth-order valence-electron chi connectivity index (χ4n) is 4.27. The van der Waals surface area contributed by atoms with Crippen molar-refractivity contribution in [1.29, 1.82) is 10.5 Å². The van der Waals surface area contributed by atoms with Gasteiger partial charge in [0.2, 0.25) is 0 Å². The summed E-state index contributed by atoms with van der Waals surface area (Å²) in [6.45, 7) is 0.109. The highest BCUT2D eigenvalue weighted by molar-refractivity contribution is 7.90. The quantitative estimate of drug-likeness (QED) is 0.401. The first-order chi connectivity index (χ1) is 17.8. The summed E-state index contributed by atoms with van der Waals surface area (Å²) in [6, 6.07) is 13.5. The maximum atomic E-state index is 11.5. The van der Waals surface area contributed by atoms with Crippen molar-refractivity contribution in [3.63, 3.8) is 0 Å². The van der Waals surface area contributed by atoms with Crippen LogP contribution in [-0.2, 0) is 16.4 Å². The molecule has 0 bridgehead atoms. The number of ether oxygens (including phenoxy) is 1. The molecule has 0 amide bonds.